The lowest BCUT2D eigenvalue weighted by molar-refractivity contribution is 0.302. The van der Waals surface area contributed by atoms with Gasteiger partial charge in [-0.1, -0.05) is 11.6 Å². The van der Waals surface area contributed by atoms with Gasteiger partial charge in [-0.2, -0.15) is 0 Å². The van der Waals surface area contributed by atoms with Crippen LogP contribution >= 0.6 is 22.9 Å². The number of ether oxygens (including phenoxy) is 3. The average Bonchev–Trinajstić information content (AvgIpc) is 3.21. The summed E-state index contributed by atoms with van der Waals surface area (Å²) in [4.78, 5) is 16.3. The summed E-state index contributed by atoms with van der Waals surface area (Å²) in [5.74, 6) is 1.73. The normalized spacial score (nSPS) is 10.9. The van der Waals surface area contributed by atoms with Crippen molar-refractivity contribution < 1.29 is 18.6 Å². The highest BCUT2D eigenvalue weighted by molar-refractivity contribution is 7.13. The first kappa shape index (κ1) is 20.3. The molecule has 0 radical (unpaired) electrons. The lowest BCUT2D eigenvalue weighted by atomic mass is 10.1. The van der Waals surface area contributed by atoms with Gasteiger partial charge in [0.1, 0.15) is 22.9 Å². The minimum absolute atomic E-state index is 0.227. The third-order valence-corrected chi connectivity index (χ3v) is 5.80. The fourth-order valence-corrected chi connectivity index (χ4v) is 4.08. The molecule has 0 N–H and O–H groups in total. The molecule has 2 aromatic heterocycles. The Hall–Kier alpha value is -3.03. The highest BCUT2D eigenvalue weighted by Gasteiger charge is 2.12. The van der Waals surface area contributed by atoms with Crippen LogP contribution in [-0.2, 0) is 6.61 Å². The smallest absolute Gasteiger partial charge is 0.336 e. The van der Waals surface area contributed by atoms with Gasteiger partial charge in [-0.15, -0.1) is 11.3 Å². The number of methoxy groups -OCH3 is 2. The maximum Gasteiger partial charge on any atom is 0.336 e. The Kier molecular flexibility index (Phi) is 5.65. The lowest BCUT2D eigenvalue weighted by Crippen LogP contribution is -2.00. The van der Waals surface area contributed by atoms with Crippen LogP contribution in [0.3, 0.4) is 0 Å². The van der Waals surface area contributed by atoms with Gasteiger partial charge in [0, 0.05) is 28.5 Å². The zero-order valence-corrected chi connectivity index (χ0v) is 18.1. The molecule has 2 heterocycles. The Balaban J connectivity index is 1.55. The van der Waals surface area contributed by atoms with Crippen LogP contribution in [0, 0.1) is 6.92 Å². The molecule has 4 rings (SSSR count). The molecule has 0 bridgehead atoms. The molecule has 0 spiro atoms. The second-order valence-corrected chi connectivity index (χ2v) is 7.79. The summed E-state index contributed by atoms with van der Waals surface area (Å²) in [5, 5.41) is 3.97. The van der Waals surface area contributed by atoms with E-state index in [1.54, 1.807) is 26.4 Å². The van der Waals surface area contributed by atoms with E-state index < -0.39 is 5.63 Å². The Bertz CT molecular complexity index is 1280. The fourth-order valence-electron chi connectivity index (χ4n) is 3.06. The van der Waals surface area contributed by atoms with Gasteiger partial charge in [0.15, 0.2) is 11.5 Å². The molecule has 0 amide bonds. The number of hydrogen-bond acceptors (Lipinski definition) is 7. The quantitative estimate of drug-likeness (QED) is 0.368. The first-order valence-corrected chi connectivity index (χ1v) is 10.3. The molecule has 0 saturated carbocycles. The molecule has 0 unspecified atom stereocenters. The van der Waals surface area contributed by atoms with Gasteiger partial charge in [0.05, 0.1) is 24.9 Å². The minimum Gasteiger partial charge on any atom is -0.493 e. The zero-order valence-electron chi connectivity index (χ0n) is 16.5. The Labute approximate surface area is 181 Å². The van der Waals surface area contributed by atoms with E-state index in [1.165, 1.54) is 17.4 Å². The summed E-state index contributed by atoms with van der Waals surface area (Å²) in [6.45, 7) is 2.06. The third-order valence-electron chi connectivity index (χ3n) is 4.56. The van der Waals surface area contributed by atoms with Gasteiger partial charge in [-0.3, -0.25) is 0 Å². The van der Waals surface area contributed by atoms with Crippen LogP contribution in [-0.4, -0.2) is 19.2 Å². The standard InChI is InChI=1S/C22H18ClNO5S/c1-12-6-21(25)29-18-9-19(16(23)8-15(12)18)28-10-14-11-30-22(24-14)13-4-5-17(26-2)20(7-13)27-3/h4-9,11H,10H2,1-3H3. The van der Waals surface area contributed by atoms with Gasteiger partial charge in [0.25, 0.3) is 0 Å². The Morgan fingerprint density at radius 1 is 1.07 bits per heavy atom. The van der Waals surface area contributed by atoms with Crippen molar-refractivity contribution >= 4 is 33.9 Å². The molecule has 0 aliphatic carbocycles. The number of benzene rings is 2. The monoisotopic (exact) mass is 443 g/mol. The largest absolute Gasteiger partial charge is 0.493 e. The van der Waals surface area contributed by atoms with Gasteiger partial charge in [-0.05, 0) is 36.8 Å². The topological polar surface area (TPSA) is 70.8 Å². The molecule has 154 valence electrons. The first-order chi connectivity index (χ1) is 14.5. The van der Waals surface area contributed by atoms with E-state index in [4.69, 9.17) is 30.2 Å². The second-order valence-electron chi connectivity index (χ2n) is 6.53. The van der Waals surface area contributed by atoms with E-state index in [2.05, 4.69) is 4.98 Å². The summed E-state index contributed by atoms with van der Waals surface area (Å²) in [7, 11) is 3.19. The van der Waals surface area contributed by atoms with E-state index in [0.29, 0.717) is 27.9 Å². The van der Waals surface area contributed by atoms with Crippen molar-refractivity contribution in [1.29, 1.82) is 0 Å². The number of aromatic nitrogens is 1. The number of rotatable bonds is 6. The molecule has 0 atom stereocenters. The highest BCUT2D eigenvalue weighted by atomic mass is 35.5. The summed E-state index contributed by atoms with van der Waals surface area (Å²) in [6, 6.07) is 10.5. The highest BCUT2D eigenvalue weighted by Crippen LogP contribution is 2.34. The van der Waals surface area contributed by atoms with E-state index in [9.17, 15) is 4.79 Å². The summed E-state index contributed by atoms with van der Waals surface area (Å²) in [5.41, 5.74) is 2.50. The molecule has 0 aliphatic heterocycles. The Morgan fingerprint density at radius 3 is 2.63 bits per heavy atom. The molecule has 8 heteroatoms. The van der Waals surface area contributed by atoms with Crippen LogP contribution in [0.5, 0.6) is 17.2 Å². The number of nitrogens with zero attached hydrogens (tertiary/aromatic N) is 1. The fraction of sp³-hybridized carbons (Fsp3) is 0.182. The molecule has 2 aromatic carbocycles. The van der Waals surface area contributed by atoms with E-state index in [1.807, 2.05) is 30.5 Å². The average molecular weight is 444 g/mol. The van der Waals surface area contributed by atoms with E-state index >= 15 is 0 Å². The third kappa shape index (κ3) is 3.99. The van der Waals surface area contributed by atoms with Crippen molar-refractivity contribution in [2.24, 2.45) is 0 Å². The second kappa shape index (κ2) is 8.38. The van der Waals surface area contributed by atoms with Gasteiger partial charge in [0.2, 0.25) is 0 Å². The molecular weight excluding hydrogens is 426 g/mol. The molecule has 4 aromatic rings. The van der Waals surface area contributed by atoms with Crippen molar-refractivity contribution in [3.05, 3.63) is 68.5 Å². The molecule has 30 heavy (non-hydrogen) atoms. The molecule has 6 nitrogen and oxygen atoms in total. The maximum atomic E-state index is 11.6. The SMILES string of the molecule is COc1ccc(-c2nc(COc3cc4oc(=O)cc(C)c4cc3Cl)cs2)cc1OC. The number of aryl methyl sites for hydroxylation is 1. The van der Waals surface area contributed by atoms with Crippen molar-refractivity contribution in [3.63, 3.8) is 0 Å². The molecule has 0 saturated heterocycles. The van der Waals surface area contributed by atoms with Crippen molar-refractivity contribution in [2.75, 3.05) is 14.2 Å². The van der Waals surface area contributed by atoms with Crippen LogP contribution in [0.1, 0.15) is 11.3 Å². The van der Waals surface area contributed by atoms with Crippen molar-refractivity contribution in [3.8, 4) is 27.8 Å². The van der Waals surface area contributed by atoms with Crippen LogP contribution in [0.25, 0.3) is 21.5 Å². The lowest BCUT2D eigenvalue weighted by Gasteiger charge is -2.09. The first-order valence-electron chi connectivity index (χ1n) is 9.02. The molecule has 0 fully saturated rings. The Morgan fingerprint density at radius 2 is 1.87 bits per heavy atom. The van der Waals surface area contributed by atoms with Gasteiger partial charge in [-0.25, -0.2) is 9.78 Å². The number of thiazole rings is 1. The van der Waals surface area contributed by atoms with Crippen LogP contribution in [0.2, 0.25) is 5.02 Å². The van der Waals surface area contributed by atoms with Crippen LogP contribution in [0.15, 0.2) is 51.0 Å². The summed E-state index contributed by atoms with van der Waals surface area (Å²) >= 11 is 7.86. The number of hydrogen-bond donors (Lipinski definition) is 0. The number of fused-ring (bicyclic) bond motifs is 1. The zero-order chi connectivity index (χ0) is 21.3. The van der Waals surface area contributed by atoms with E-state index in [0.717, 1.165) is 27.2 Å². The molecule has 0 aliphatic rings. The molecular formula is C22H18ClNO5S. The van der Waals surface area contributed by atoms with Gasteiger partial charge >= 0.3 is 5.63 Å². The van der Waals surface area contributed by atoms with Crippen molar-refractivity contribution in [1.82, 2.24) is 4.98 Å². The summed E-state index contributed by atoms with van der Waals surface area (Å²) in [6.07, 6.45) is 0. The van der Waals surface area contributed by atoms with Crippen molar-refractivity contribution in [2.45, 2.75) is 13.5 Å². The maximum absolute atomic E-state index is 11.6. The predicted molar refractivity (Wildman–Crippen MR) is 117 cm³/mol. The summed E-state index contributed by atoms with van der Waals surface area (Å²) < 4.78 is 21.7. The minimum atomic E-state index is -0.410. The number of halogens is 1. The van der Waals surface area contributed by atoms with Crippen LogP contribution in [0.4, 0.5) is 0 Å². The van der Waals surface area contributed by atoms with Gasteiger partial charge < -0.3 is 18.6 Å². The predicted octanol–water partition coefficient (Wildman–Crippen LogP) is 5.47. The van der Waals surface area contributed by atoms with Crippen LogP contribution < -0.4 is 19.8 Å². The van der Waals surface area contributed by atoms with E-state index in [-0.39, 0.29) is 6.61 Å².